The van der Waals surface area contributed by atoms with Crippen molar-refractivity contribution < 1.29 is 9.84 Å². The smallest absolute Gasteiger partial charge is 0.160 e. The number of nitrogens with zero attached hydrogens (tertiary/aromatic N) is 2. The molecule has 4 nitrogen and oxygen atoms in total. The molecule has 0 bridgehead atoms. The number of methoxy groups -OCH3 is 1. The molecule has 0 amide bonds. The lowest BCUT2D eigenvalue weighted by Crippen LogP contribution is -2.46. The zero-order valence-electron chi connectivity index (χ0n) is 15.9. The maximum atomic E-state index is 9.98. The molecule has 0 spiro atoms. The molecule has 0 aromatic heterocycles. The Morgan fingerprint density at radius 2 is 1.96 bits per heavy atom. The second-order valence-electron chi connectivity index (χ2n) is 7.25. The molecular formula is C22H30N2O2. The molecule has 1 N–H and O–H groups in total. The highest BCUT2D eigenvalue weighted by molar-refractivity contribution is 5.41. The lowest BCUT2D eigenvalue weighted by Gasteiger charge is -2.37. The number of benzene rings is 2. The van der Waals surface area contributed by atoms with E-state index in [1.54, 1.807) is 7.11 Å². The first-order chi connectivity index (χ1) is 12.7. The van der Waals surface area contributed by atoms with Crippen molar-refractivity contribution in [3.05, 3.63) is 59.7 Å². The molecule has 1 saturated heterocycles. The third-order valence-corrected chi connectivity index (χ3v) is 5.34. The number of piperidine rings is 1. The largest absolute Gasteiger partial charge is 0.504 e. The minimum atomic E-state index is 0.214. The number of phenolic OH excluding ortho intramolecular Hbond substituents is 1. The van der Waals surface area contributed by atoms with Gasteiger partial charge < -0.3 is 14.7 Å². The van der Waals surface area contributed by atoms with Gasteiger partial charge in [0.15, 0.2) is 11.5 Å². The number of hydrogen-bond acceptors (Lipinski definition) is 4. The van der Waals surface area contributed by atoms with Gasteiger partial charge in [-0.25, -0.2) is 0 Å². The number of rotatable bonds is 7. The summed E-state index contributed by atoms with van der Waals surface area (Å²) < 4.78 is 5.13. The fourth-order valence-electron chi connectivity index (χ4n) is 3.78. The SMILES string of the molecule is COc1ccc(CN(C)[C@@H]2CCCN(CCc3ccccc3)C2)cc1O. The van der Waals surface area contributed by atoms with Gasteiger partial charge in [0, 0.05) is 25.7 Å². The molecule has 3 rings (SSSR count). The van der Waals surface area contributed by atoms with E-state index in [2.05, 4.69) is 47.2 Å². The van der Waals surface area contributed by atoms with Gasteiger partial charge in [0.25, 0.3) is 0 Å². The molecule has 1 fully saturated rings. The molecule has 0 unspecified atom stereocenters. The van der Waals surface area contributed by atoms with Gasteiger partial charge in [-0.3, -0.25) is 4.90 Å². The summed E-state index contributed by atoms with van der Waals surface area (Å²) in [6.07, 6.45) is 3.60. The number of aromatic hydroxyl groups is 1. The monoisotopic (exact) mass is 354 g/mol. The molecule has 1 heterocycles. The topological polar surface area (TPSA) is 35.9 Å². The van der Waals surface area contributed by atoms with Crippen molar-refractivity contribution in [3.63, 3.8) is 0 Å². The van der Waals surface area contributed by atoms with Crippen LogP contribution in [0.3, 0.4) is 0 Å². The Kier molecular flexibility index (Phi) is 6.53. The standard InChI is InChI=1S/C22H30N2O2/c1-23(16-19-10-11-22(26-2)21(25)15-19)20-9-6-13-24(17-20)14-12-18-7-4-3-5-8-18/h3-5,7-8,10-11,15,20,25H,6,9,12-14,16-17H2,1-2H3/t20-/m1/s1. The highest BCUT2D eigenvalue weighted by Gasteiger charge is 2.23. The van der Waals surface area contributed by atoms with E-state index >= 15 is 0 Å². The van der Waals surface area contributed by atoms with E-state index in [0.717, 1.165) is 31.6 Å². The number of likely N-dealkylation sites (N-methyl/N-ethyl adjacent to an activating group) is 1. The first-order valence-electron chi connectivity index (χ1n) is 9.48. The van der Waals surface area contributed by atoms with Crippen molar-refractivity contribution in [2.24, 2.45) is 0 Å². The van der Waals surface area contributed by atoms with Crippen LogP contribution in [0.5, 0.6) is 11.5 Å². The molecule has 0 saturated carbocycles. The minimum Gasteiger partial charge on any atom is -0.504 e. The summed E-state index contributed by atoms with van der Waals surface area (Å²) in [5.74, 6) is 0.743. The highest BCUT2D eigenvalue weighted by atomic mass is 16.5. The maximum absolute atomic E-state index is 9.98. The van der Waals surface area contributed by atoms with Gasteiger partial charge >= 0.3 is 0 Å². The van der Waals surface area contributed by atoms with E-state index in [1.807, 2.05) is 18.2 Å². The minimum absolute atomic E-state index is 0.214. The van der Waals surface area contributed by atoms with Crippen LogP contribution in [0.1, 0.15) is 24.0 Å². The Morgan fingerprint density at radius 1 is 1.15 bits per heavy atom. The van der Waals surface area contributed by atoms with Gasteiger partial charge in [0.1, 0.15) is 0 Å². The van der Waals surface area contributed by atoms with Crippen LogP contribution in [0, 0.1) is 0 Å². The third-order valence-electron chi connectivity index (χ3n) is 5.34. The van der Waals surface area contributed by atoms with E-state index in [9.17, 15) is 5.11 Å². The van der Waals surface area contributed by atoms with Crippen molar-refractivity contribution in [2.75, 3.05) is 33.8 Å². The molecule has 2 aromatic carbocycles. The fourth-order valence-corrected chi connectivity index (χ4v) is 3.78. The highest BCUT2D eigenvalue weighted by Crippen LogP contribution is 2.27. The quantitative estimate of drug-likeness (QED) is 0.825. The van der Waals surface area contributed by atoms with Crippen molar-refractivity contribution in [1.29, 1.82) is 0 Å². The Hall–Kier alpha value is -2.04. The molecule has 1 aliphatic rings. The summed E-state index contributed by atoms with van der Waals surface area (Å²) in [5.41, 5.74) is 2.53. The summed E-state index contributed by atoms with van der Waals surface area (Å²) in [6, 6.07) is 17.0. The number of likely N-dealkylation sites (tertiary alicyclic amines) is 1. The fraction of sp³-hybridized carbons (Fsp3) is 0.455. The van der Waals surface area contributed by atoms with E-state index in [-0.39, 0.29) is 5.75 Å². The van der Waals surface area contributed by atoms with Crippen LogP contribution in [0.4, 0.5) is 0 Å². The van der Waals surface area contributed by atoms with E-state index in [4.69, 9.17) is 4.74 Å². The number of phenols is 1. The van der Waals surface area contributed by atoms with Gasteiger partial charge in [0.05, 0.1) is 7.11 Å². The van der Waals surface area contributed by atoms with Crippen LogP contribution < -0.4 is 4.74 Å². The van der Waals surface area contributed by atoms with Gasteiger partial charge in [-0.15, -0.1) is 0 Å². The third kappa shape index (κ3) is 4.99. The van der Waals surface area contributed by atoms with Crippen LogP contribution in [-0.2, 0) is 13.0 Å². The zero-order chi connectivity index (χ0) is 18.4. The maximum Gasteiger partial charge on any atom is 0.160 e. The van der Waals surface area contributed by atoms with Crippen molar-refractivity contribution in [3.8, 4) is 11.5 Å². The van der Waals surface area contributed by atoms with Crippen molar-refractivity contribution >= 4 is 0 Å². The average molecular weight is 354 g/mol. The van der Waals surface area contributed by atoms with E-state index < -0.39 is 0 Å². The van der Waals surface area contributed by atoms with Crippen LogP contribution in [-0.4, -0.2) is 54.7 Å². The van der Waals surface area contributed by atoms with E-state index in [0.29, 0.717) is 11.8 Å². The number of ether oxygens (including phenoxy) is 1. The second-order valence-corrected chi connectivity index (χ2v) is 7.25. The molecular weight excluding hydrogens is 324 g/mol. The molecule has 0 radical (unpaired) electrons. The Morgan fingerprint density at radius 3 is 2.69 bits per heavy atom. The molecule has 1 aliphatic heterocycles. The molecule has 4 heteroatoms. The average Bonchev–Trinajstić information content (AvgIpc) is 2.67. The van der Waals surface area contributed by atoms with E-state index in [1.165, 1.54) is 24.9 Å². The van der Waals surface area contributed by atoms with Crippen molar-refractivity contribution in [1.82, 2.24) is 9.80 Å². The second kappa shape index (κ2) is 9.06. The lowest BCUT2D eigenvalue weighted by atomic mass is 10.0. The Bertz CT molecular complexity index is 690. The van der Waals surface area contributed by atoms with Gasteiger partial charge in [-0.05, 0) is 56.1 Å². The molecule has 2 aromatic rings. The first-order valence-corrected chi connectivity index (χ1v) is 9.48. The van der Waals surface area contributed by atoms with Crippen LogP contribution >= 0.6 is 0 Å². The van der Waals surface area contributed by atoms with Crippen molar-refractivity contribution in [2.45, 2.75) is 31.8 Å². The first kappa shape index (κ1) is 18.7. The van der Waals surface area contributed by atoms with Gasteiger partial charge in [-0.2, -0.15) is 0 Å². The molecule has 140 valence electrons. The molecule has 1 atom stereocenters. The van der Waals surface area contributed by atoms with Crippen LogP contribution in [0.2, 0.25) is 0 Å². The summed E-state index contributed by atoms with van der Waals surface area (Å²) in [6.45, 7) is 4.28. The summed E-state index contributed by atoms with van der Waals surface area (Å²) in [4.78, 5) is 5.00. The van der Waals surface area contributed by atoms with Gasteiger partial charge in [-0.1, -0.05) is 36.4 Å². The summed E-state index contributed by atoms with van der Waals surface area (Å²) in [5, 5.41) is 9.98. The number of hydrogen-bond donors (Lipinski definition) is 1. The molecule has 0 aliphatic carbocycles. The summed E-state index contributed by atoms with van der Waals surface area (Å²) >= 11 is 0. The summed E-state index contributed by atoms with van der Waals surface area (Å²) in [7, 11) is 3.76. The predicted molar refractivity (Wildman–Crippen MR) is 106 cm³/mol. The van der Waals surface area contributed by atoms with Crippen LogP contribution in [0.25, 0.3) is 0 Å². The molecule has 26 heavy (non-hydrogen) atoms. The normalized spacial score (nSPS) is 18.2. The van der Waals surface area contributed by atoms with Crippen LogP contribution in [0.15, 0.2) is 48.5 Å². The Labute approximate surface area is 157 Å². The van der Waals surface area contributed by atoms with Gasteiger partial charge in [0.2, 0.25) is 0 Å². The predicted octanol–water partition coefficient (Wildman–Crippen LogP) is 3.54. The Balaban J connectivity index is 1.52. The lowest BCUT2D eigenvalue weighted by molar-refractivity contribution is 0.112. The zero-order valence-corrected chi connectivity index (χ0v) is 15.9.